The average Bonchev–Trinajstić information content (AvgIpc) is 3.77. The van der Waals surface area contributed by atoms with Crippen molar-refractivity contribution in [3.63, 3.8) is 0 Å². The van der Waals surface area contributed by atoms with Crippen LogP contribution in [0.1, 0.15) is 162 Å². The topological polar surface area (TPSA) is 126 Å². The number of hydrogen-bond donors (Lipinski definition) is 4. The van der Waals surface area contributed by atoms with E-state index in [1.165, 1.54) is 38.5 Å². The lowest BCUT2D eigenvalue weighted by molar-refractivity contribution is -0.139. The van der Waals surface area contributed by atoms with E-state index in [0.29, 0.717) is 31.3 Å². The van der Waals surface area contributed by atoms with Crippen LogP contribution in [0.25, 0.3) is 0 Å². The second-order valence-electron chi connectivity index (χ2n) is 14.2. The third kappa shape index (κ3) is 14.7. The molecule has 2 saturated heterocycles. The third-order valence-corrected chi connectivity index (χ3v) is 10.1. The smallest absolute Gasteiger partial charge is 0.334 e. The molecule has 0 aromatic heterocycles. The van der Waals surface area contributed by atoms with Gasteiger partial charge in [0.25, 0.3) is 0 Å². The van der Waals surface area contributed by atoms with Gasteiger partial charge in [-0.05, 0) is 70.8 Å². The molecule has 0 amide bonds. The highest BCUT2D eigenvalue weighted by atomic mass is 16.5. The summed E-state index contributed by atoms with van der Waals surface area (Å²) in [5, 5.41) is 42.4. The van der Waals surface area contributed by atoms with E-state index in [9.17, 15) is 25.2 Å². The van der Waals surface area contributed by atoms with E-state index in [2.05, 4.69) is 6.92 Å². The van der Waals surface area contributed by atoms with Crippen LogP contribution in [0.15, 0.2) is 11.6 Å². The van der Waals surface area contributed by atoms with E-state index in [1.54, 1.807) is 6.08 Å². The Labute approximate surface area is 273 Å². The molecular weight excluding hydrogens is 572 g/mol. The summed E-state index contributed by atoms with van der Waals surface area (Å²) in [4.78, 5) is 11.7. The number of esters is 1. The Morgan fingerprint density at radius 3 is 1.78 bits per heavy atom. The first-order chi connectivity index (χ1) is 21.8. The molecule has 9 atom stereocenters. The zero-order chi connectivity index (χ0) is 32.4. The quantitative estimate of drug-likeness (QED) is 0.0634. The zero-order valence-electron chi connectivity index (χ0n) is 28.5. The number of ether oxygens (including phenoxy) is 3. The fourth-order valence-electron chi connectivity index (χ4n) is 7.29. The largest absolute Gasteiger partial charge is 0.455 e. The molecule has 1 unspecified atom stereocenters. The van der Waals surface area contributed by atoms with Gasteiger partial charge in [0.1, 0.15) is 6.10 Å². The van der Waals surface area contributed by atoms with E-state index >= 15 is 0 Å². The molecule has 0 bridgehead atoms. The van der Waals surface area contributed by atoms with E-state index in [4.69, 9.17) is 14.2 Å². The van der Waals surface area contributed by atoms with Crippen molar-refractivity contribution < 1.29 is 39.4 Å². The van der Waals surface area contributed by atoms with Crippen molar-refractivity contribution in [2.45, 2.75) is 216 Å². The number of cyclic esters (lactones) is 1. The van der Waals surface area contributed by atoms with Crippen LogP contribution in [0.4, 0.5) is 0 Å². The van der Waals surface area contributed by atoms with Crippen LogP contribution in [0.2, 0.25) is 0 Å². The standard InChI is InChI=1S/C37H66O8/c1-3-4-5-6-7-8-12-15-18-31(39)35-23-24-36(45-35)33(41)21-20-32(40)34-22-19-30(44-34)17-14-11-9-10-13-16-29(38)26-28-25-27(2)43-37(28)42/h25,27,29-36,38-41H,3-24,26H2,1-2H3/t27-,29+,30?,31-,32-,33-,34-,35+,36-/m0/s1. The lowest BCUT2D eigenvalue weighted by Crippen LogP contribution is -2.33. The first-order valence-electron chi connectivity index (χ1n) is 18.7. The number of carbonyl (C=O) groups is 1. The number of aliphatic hydroxyl groups excluding tert-OH is 4. The van der Waals surface area contributed by atoms with E-state index in [1.807, 2.05) is 6.92 Å². The first-order valence-corrected chi connectivity index (χ1v) is 18.7. The second kappa shape index (κ2) is 21.8. The molecule has 3 rings (SSSR count). The second-order valence-corrected chi connectivity index (χ2v) is 14.2. The molecule has 0 spiro atoms. The summed E-state index contributed by atoms with van der Waals surface area (Å²) in [6.07, 6.45) is 21.6. The van der Waals surface area contributed by atoms with Crippen molar-refractivity contribution in [1.29, 1.82) is 0 Å². The van der Waals surface area contributed by atoms with Gasteiger partial charge < -0.3 is 34.6 Å². The lowest BCUT2D eigenvalue weighted by atomic mass is 9.98. The Morgan fingerprint density at radius 1 is 0.667 bits per heavy atom. The summed E-state index contributed by atoms with van der Waals surface area (Å²) < 4.78 is 17.3. The van der Waals surface area contributed by atoms with Gasteiger partial charge in [-0.25, -0.2) is 4.79 Å². The molecule has 2 fully saturated rings. The Morgan fingerprint density at radius 2 is 1.18 bits per heavy atom. The Bertz CT molecular complexity index is 833. The molecule has 8 nitrogen and oxygen atoms in total. The zero-order valence-corrected chi connectivity index (χ0v) is 28.5. The summed E-state index contributed by atoms with van der Waals surface area (Å²) in [6, 6.07) is 0. The van der Waals surface area contributed by atoms with Crippen molar-refractivity contribution in [3.05, 3.63) is 11.6 Å². The molecular formula is C37H66O8. The summed E-state index contributed by atoms with van der Waals surface area (Å²) in [5.41, 5.74) is 0.600. The van der Waals surface area contributed by atoms with Gasteiger partial charge in [0.05, 0.1) is 48.8 Å². The summed E-state index contributed by atoms with van der Waals surface area (Å²) in [6.45, 7) is 4.07. The van der Waals surface area contributed by atoms with Crippen molar-refractivity contribution >= 4 is 5.97 Å². The Balaban J connectivity index is 1.16. The minimum absolute atomic E-state index is 0.162. The molecule has 3 aliphatic rings. The summed E-state index contributed by atoms with van der Waals surface area (Å²) in [5.74, 6) is -0.295. The summed E-state index contributed by atoms with van der Waals surface area (Å²) in [7, 11) is 0. The van der Waals surface area contributed by atoms with Crippen molar-refractivity contribution in [1.82, 2.24) is 0 Å². The van der Waals surface area contributed by atoms with Gasteiger partial charge in [-0.2, -0.15) is 0 Å². The number of carbonyl (C=O) groups excluding carboxylic acids is 1. The van der Waals surface area contributed by atoms with Gasteiger partial charge >= 0.3 is 5.97 Å². The van der Waals surface area contributed by atoms with E-state index in [-0.39, 0.29) is 36.5 Å². The fraction of sp³-hybridized carbons (Fsp3) is 0.919. The maximum absolute atomic E-state index is 11.7. The van der Waals surface area contributed by atoms with Gasteiger partial charge in [-0.1, -0.05) is 90.4 Å². The molecule has 0 aromatic carbocycles. The predicted octanol–water partition coefficient (Wildman–Crippen LogP) is 6.83. The van der Waals surface area contributed by atoms with Crippen LogP contribution in [0, 0.1) is 0 Å². The minimum atomic E-state index is -0.627. The first kappa shape index (κ1) is 38.4. The van der Waals surface area contributed by atoms with Crippen LogP contribution in [0.3, 0.4) is 0 Å². The number of hydrogen-bond acceptors (Lipinski definition) is 8. The normalized spacial score (nSPS) is 27.8. The average molecular weight is 639 g/mol. The molecule has 8 heteroatoms. The highest BCUT2D eigenvalue weighted by Crippen LogP contribution is 2.31. The van der Waals surface area contributed by atoms with Crippen LogP contribution < -0.4 is 0 Å². The third-order valence-electron chi connectivity index (χ3n) is 10.1. The Kier molecular flexibility index (Phi) is 18.6. The monoisotopic (exact) mass is 638 g/mol. The van der Waals surface area contributed by atoms with Crippen LogP contribution in [0.5, 0.6) is 0 Å². The van der Waals surface area contributed by atoms with E-state index in [0.717, 1.165) is 83.5 Å². The SMILES string of the molecule is CCCCCCCCCC[C@H](O)[C@H]1CC[C@@H]([C@@H](O)CC[C@H](O)[C@@H]2CCC(CCCCCCC[C@@H](O)CC3=C[C@H](C)OC3=O)O2)O1. The highest BCUT2D eigenvalue weighted by molar-refractivity contribution is 5.90. The van der Waals surface area contributed by atoms with Gasteiger partial charge in [0.2, 0.25) is 0 Å². The maximum Gasteiger partial charge on any atom is 0.334 e. The fourth-order valence-corrected chi connectivity index (χ4v) is 7.29. The van der Waals surface area contributed by atoms with Crippen LogP contribution in [-0.2, 0) is 19.0 Å². The molecule has 0 saturated carbocycles. The van der Waals surface area contributed by atoms with Gasteiger partial charge in [0.15, 0.2) is 0 Å². The summed E-state index contributed by atoms with van der Waals surface area (Å²) >= 11 is 0. The minimum Gasteiger partial charge on any atom is -0.455 e. The molecule has 4 N–H and O–H groups in total. The van der Waals surface area contributed by atoms with Crippen LogP contribution >= 0.6 is 0 Å². The number of unbranched alkanes of at least 4 members (excludes halogenated alkanes) is 11. The predicted molar refractivity (Wildman–Crippen MR) is 177 cm³/mol. The van der Waals surface area contributed by atoms with Gasteiger partial charge in [-0.3, -0.25) is 0 Å². The maximum atomic E-state index is 11.7. The van der Waals surface area contributed by atoms with Crippen molar-refractivity contribution in [2.75, 3.05) is 0 Å². The van der Waals surface area contributed by atoms with Crippen molar-refractivity contribution in [3.8, 4) is 0 Å². The lowest BCUT2D eigenvalue weighted by Gasteiger charge is -2.24. The highest BCUT2D eigenvalue weighted by Gasteiger charge is 2.36. The molecule has 0 aliphatic carbocycles. The molecule has 3 aliphatic heterocycles. The van der Waals surface area contributed by atoms with E-state index < -0.39 is 24.4 Å². The number of rotatable bonds is 25. The number of aliphatic hydroxyl groups is 4. The molecule has 0 radical (unpaired) electrons. The Hall–Kier alpha value is -1.03. The van der Waals surface area contributed by atoms with Crippen LogP contribution in [-0.4, -0.2) is 81.3 Å². The molecule has 262 valence electrons. The molecule has 3 heterocycles. The molecule has 0 aromatic rings. The van der Waals surface area contributed by atoms with Crippen molar-refractivity contribution in [2.24, 2.45) is 0 Å². The molecule has 45 heavy (non-hydrogen) atoms. The van der Waals surface area contributed by atoms with Gasteiger partial charge in [0, 0.05) is 12.0 Å². The van der Waals surface area contributed by atoms with Gasteiger partial charge in [-0.15, -0.1) is 0 Å².